The highest BCUT2D eigenvalue weighted by Gasteiger charge is 2.01. The van der Waals surface area contributed by atoms with E-state index in [2.05, 4.69) is 29.2 Å². The predicted octanol–water partition coefficient (Wildman–Crippen LogP) is 2.43. The first-order valence-electron chi connectivity index (χ1n) is 3.34. The van der Waals surface area contributed by atoms with E-state index in [-0.39, 0.29) is 6.15 Å². The smallest absolute Gasteiger partial charge is 0.0708 e. The molecule has 2 aromatic heterocycles. The summed E-state index contributed by atoms with van der Waals surface area (Å²) in [5, 5.41) is 3.82. The van der Waals surface area contributed by atoms with Gasteiger partial charge in [0.05, 0.1) is 5.52 Å². The van der Waals surface area contributed by atoms with E-state index in [0.717, 1.165) is 5.52 Å². The molecule has 3 N–H and O–H groups in total. The van der Waals surface area contributed by atoms with Crippen molar-refractivity contribution in [3.63, 3.8) is 0 Å². The standard InChI is InChI=1S/C9H5N.H3N/c1-2-7-3-8-5-10-9(7)4-6(1)8;/h1-5H;1H3. The number of hydrogen-bond donors (Lipinski definition) is 1. The number of benzene rings is 3. The van der Waals surface area contributed by atoms with E-state index in [1.54, 1.807) is 0 Å². The van der Waals surface area contributed by atoms with E-state index >= 15 is 0 Å². The van der Waals surface area contributed by atoms with E-state index in [1.807, 2.05) is 6.20 Å². The maximum absolute atomic E-state index is 4.24. The molecule has 0 fully saturated rings. The molecule has 0 unspecified atom stereocenters. The van der Waals surface area contributed by atoms with E-state index in [9.17, 15) is 0 Å². The molecule has 0 atom stereocenters. The molecule has 0 saturated carbocycles. The Bertz CT molecular complexity index is 377. The summed E-state index contributed by atoms with van der Waals surface area (Å²) in [5.41, 5.74) is 1.12. The quantitative estimate of drug-likeness (QED) is 0.526. The summed E-state index contributed by atoms with van der Waals surface area (Å²) in [7, 11) is 0. The van der Waals surface area contributed by atoms with Crippen LogP contribution < -0.4 is 6.15 Å². The van der Waals surface area contributed by atoms with Gasteiger partial charge in [-0.15, -0.1) is 0 Å². The van der Waals surface area contributed by atoms with Gasteiger partial charge in [0.15, 0.2) is 0 Å². The maximum atomic E-state index is 4.24. The van der Waals surface area contributed by atoms with Gasteiger partial charge in [0.2, 0.25) is 0 Å². The van der Waals surface area contributed by atoms with Gasteiger partial charge in [0, 0.05) is 17.0 Å². The van der Waals surface area contributed by atoms with Crippen molar-refractivity contribution in [2.75, 3.05) is 0 Å². The Morgan fingerprint density at radius 2 is 1.73 bits per heavy atom. The molecule has 54 valence electrons. The van der Waals surface area contributed by atoms with Gasteiger partial charge < -0.3 is 6.15 Å². The molecule has 2 nitrogen and oxygen atoms in total. The molecular formula is C9H8N2. The van der Waals surface area contributed by atoms with E-state index in [1.165, 1.54) is 16.2 Å². The summed E-state index contributed by atoms with van der Waals surface area (Å²) in [4.78, 5) is 4.24. The fraction of sp³-hybridized carbons (Fsp3) is 0. The number of aromatic nitrogens is 1. The molecule has 2 heteroatoms. The first kappa shape index (κ1) is 6.31. The van der Waals surface area contributed by atoms with Crippen LogP contribution in [0.25, 0.3) is 21.7 Å². The topological polar surface area (TPSA) is 47.9 Å². The lowest BCUT2D eigenvalue weighted by atomic mass is 10.0. The molecule has 0 radical (unpaired) electrons. The predicted molar refractivity (Wildman–Crippen MR) is 46.6 cm³/mol. The highest BCUT2D eigenvalue weighted by molar-refractivity contribution is 6.00. The largest absolute Gasteiger partial charge is 0.344 e. The van der Waals surface area contributed by atoms with Crippen LogP contribution in [0.15, 0.2) is 30.5 Å². The lowest BCUT2D eigenvalue weighted by Crippen LogP contribution is -1.84. The first-order chi connectivity index (χ1) is 4.93. The van der Waals surface area contributed by atoms with Crippen molar-refractivity contribution < 1.29 is 0 Å². The van der Waals surface area contributed by atoms with Gasteiger partial charge in [-0.3, -0.25) is 4.98 Å². The average Bonchev–Trinajstić information content (AvgIpc) is 2.05. The zero-order valence-electron chi connectivity index (χ0n) is 6.04. The summed E-state index contributed by atoms with van der Waals surface area (Å²) >= 11 is 0. The second-order valence-electron chi connectivity index (χ2n) is 2.63. The molecular weight excluding hydrogens is 136 g/mol. The first-order valence-corrected chi connectivity index (χ1v) is 3.34. The average molecular weight is 144 g/mol. The Kier molecular flexibility index (Phi) is 1.03. The van der Waals surface area contributed by atoms with Gasteiger partial charge in [-0.05, 0) is 17.5 Å². The molecule has 0 amide bonds. The molecule has 3 aromatic carbocycles. The molecule has 11 heavy (non-hydrogen) atoms. The maximum Gasteiger partial charge on any atom is 0.0708 e. The Morgan fingerprint density at radius 3 is 2.18 bits per heavy atom. The number of nitrogens with zero attached hydrogens (tertiary/aromatic N) is 1. The van der Waals surface area contributed by atoms with Gasteiger partial charge >= 0.3 is 0 Å². The van der Waals surface area contributed by atoms with Crippen molar-refractivity contribution in [1.82, 2.24) is 11.1 Å². The molecule has 5 rings (SSSR count). The van der Waals surface area contributed by atoms with Crippen molar-refractivity contribution >= 4 is 21.7 Å². The van der Waals surface area contributed by atoms with Crippen LogP contribution >= 0.6 is 0 Å². The third kappa shape index (κ3) is 0.617. The third-order valence-electron chi connectivity index (χ3n) is 2.02. The summed E-state index contributed by atoms with van der Waals surface area (Å²) in [6, 6.07) is 8.56. The van der Waals surface area contributed by atoms with Crippen LogP contribution in [0.1, 0.15) is 0 Å². The van der Waals surface area contributed by atoms with Crippen molar-refractivity contribution in [3.8, 4) is 0 Å². The van der Waals surface area contributed by atoms with E-state index in [0.29, 0.717) is 0 Å². The third-order valence-corrected chi connectivity index (χ3v) is 2.02. The lowest BCUT2D eigenvalue weighted by Gasteiger charge is -2.05. The van der Waals surface area contributed by atoms with Gasteiger partial charge in [-0.1, -0.05) is 12.1 Å². The zero-order chi connectivity index (χ0) is 6.55. The number of pyridine rings is 2. The van der Waals surface area contributed by atoms with Gasteiger partial charge in [0.25, 0.3) is 0 Å². The van der Waals surface area contributed by atoms with Crippen LogP contribution in [0.5, 0.6) is 0 Å². The molecule has 0 saturated heterocycles. The minimum absolute atomic E-state index is 0. The van der Waals surface area contributed by atoms with Crippen LogP contribution in [-0.4, -0.2) is 4.98 Å². The second-order valence-corrected chi connectivity index (χ2v) is 2.63. The Morgan fingerprint density at radius 1 is 0.909 bits per heavy atom. The van der Waals surface area contributed by atoms with Crippen molar-refractivity contribution in [1.29, 1.82) is 0 Å². The number of hydrogen-bond acceptors (Lipinski definition) is 2. The Balaban J connectivity index is 0.000000480. The van der Waals surface area contributed by atoms with Crippen LogP contribution in [0.3, 0.4) is 0 Å². The minimum Gasteiger partial charge on any atom is -0.344 e. The molecule has 5 aromatic rings. The molecule has 0 aliphatic carbocycles. The van der Waals surface area contributed by atoms with E-state index < -0.39 is 0 Å². The molecule has 4 bridgehead atoms. The fourth-order valence-corrected chi connectivity index (χ4v) is 1.46. The molecule has 2 heterocycles. The second kappa shape index (κ2) is 1.80. The monoisotopic (exact) mass is 144 g/mol. The SMILES string of the molecule is N.c1cc2cc3cnc2cc13. The highest BCUT2D eigenvalue weighted by Crippen LogP contribution is 2.25. The minimum atomic E-state index is 0. The number of rotatable bonds is 0. The summed E-state index contributed by atoms with van der Waals surface area (Å²) in [5.74, 6) is 0. The van der Waals surface area contributed by atoms with Crippen LogP contribution in [0.2, 0.25) is 0 Å². The highest BCUT2D eigenvalue weighted by atomic mass is 14.7. The molecule has 0 spiro atoms. The van der Waals surface area contributed by atoms with Crippen LogP contribution in [0.4, 0.5) is 0 Å². The fourth-order valence-electron chi connectivity index (χ4n) is 1.46. The Hall–Kier alpha value is -1.41. The van der Waals surface area contributed by atoms with E-state index in [4.69, 9.17) is 0 Å². The zero-order valence-corrected chi connectivity index (χ0v) is 6.04. The molecule has 0 aliphatic heterocycles. The number of fused-ring (bicyclic) bond motifs is 2. The summed E-state index contributed by atoms with van der Waals surface area (Å²) < 4.78 is 0. The van der Waals surface area contributed by atoms with Crippen molar-refractivity contribution in [2.45, 2.75) is 0 Å². The molecule has 0 aliphatic rings. The van der Waals surface area contributed by atoms with Crippen LogP contribution in [0, 0.1) is 0 Å². The summed E-state index contributed by atoms with van der Waals surface area (Å²) in [6.45, 7) is 0. The van der Waals surface area contributed by atoms with Gasteiger partial charge in [-0.2, -0.15) is 0 Å². The lowest BCUT2D eigenvalue weighted by molar-refractivity contribution is 1.43. The summed E-state index contributed by atoms with van der Waals surface area (Å²) in [6.07, 6.45) is 1.93. The van der Waals surface area contributed by atoms with Gasteiger partial charge in [-0.25, -0.2) is 0 Å². The van der Waals surface area contributed by atoms with Crippen LogP contribution in [-0.2, 0) is 0 Å². The van der Waals surface area contributed by atoms with Gasteiger partial charge in [0.1, 0.15) is 0 Å². The van der Waals surface area contributed by atoms with Crippen molar-refractivity contribution in [2.24, 2.45) is 0 Å². The Labute approximate surface area is 64.1 Å². The normalized spacial score (nSPS) is 10.9. The van der Waals surface area contributed by atoms with Crippen molar-refractivity contribution in [3.05, 3.63) is 30.5 Å².